The number of hydrogen-bond donors (Lipinski definition) is 0. The highest BCUT2D eigenvalue weighted by Gasteiger charge is 1.97. The molecule has 0 saturated carbocycles. The predicted octanol–water partition coefficient (Wildman–Crippen LogP) is 0.875. The van der Waals surface area contributed by atoms with Gasteiger partial charge in [0.2, 0.25) is 6.54 Å². The highest BCUT2D eigenvalue weighted by molar-refractivity contribution is 4.83. The lowest BCUT2D eigenvalue weighted by molar-refractivity contribution is 0.453. The van der Waals surface area contributed by atoms with Crippen molar-refractivity contribution in [3.63, 3.8) is 0 Å². The second kappa shape index (κ2) is 5.65. The Labute approximate surface area is 61.0 Å². The zero-order chi connectivity index (χ0) is 7.82. The lowest BCUT2D eigenvalue weighted by Crippen LogP contribution is -2.20. The largest absolute Gasteiger partial charge is 0.315 e. The van der Waals surface area contributed by atoms with E-state index in [-0.39, 0.29) is 0 Å². The zero-order valence-electron chi connectivity index (χ0n) is 5.75. The summed E-state index contributed by atoms with van der Waals surface area (Å²) in [6, 6.07) is 0. The van der Waals surface area contributed by atoms with Crippen LogP contribution in [-0.4, -0.2) is 24.5 Å². The van der Waals surface area contributed by atoms with Gasteiger partial charge in [0.25, 0.3) is 0 Å². The first-order valence-corrected chi connectivity index (χ1v) is 2.94. The van der Waals surface area contributed by atoms with E-state index in [0.29, 0.717) is 19.6 Å². The van der Waals surface area contributed by atoms with E-state index in [4.69, 9.17) is 11.8 Å². The van der Waals surface area contributed by atoms with Crippen LogP contribution in [0, 0.1) is 18.0 Å². The molecular formula is C7H9N3. The fourth-order valence-corrected chi connectivity index (χ4v) is 0.509. The van der Waals surface area contributed by atoms with Gasteiger partial charge in [-0.3, -0.25) is 4.90 Å². The lowest BCUT2D eigenvalue weighted by atomic mass is 10.5. The van der Waals surface area contributed by atoms with E-state index >= 15 is 0 Å². The van der Waals surface area contributed by atoms with Crippen molar-refractivity contribution in [2.75, 3.05) is 19.6 Å². The van der Waals surface area contributed by atoms with Crippen LogP contribution in [0.5, 0.6) is 0 Å². The summed E-state index contributed by atoms with van der Waals surface area (Å²) in [5.41, 5.74) is 0. The van der Waals surface area contributed by atoms with Crippen molar-refractivity contribution in [2.24, 2.45) is 0 Å². The average Bonchev–Trinajstić information content (AvgIpc) is 1.98. The van der Waals surface area contributed by atoms with Crippen LogP contribution in [0.2, 0.25) is 0 Å². The Kier molecular flexibility index (Phi) is 4.82. The van der Waals surface area contributed by atoms with Crippen molar-refractivity contribution in [3.8, 4) is 6.19 Å². The Morgan fingerprint density at radius 2 is 2.50 bits per heavy atom. The van der Waals surface area contributed by atoms with Crippen LogP contribution in [0.25, 0.3) is 4.85 Å². The quantitative estimate of drug-likeness (QED) is 0.248. The van der Waals surface area contributed by atoms with Gasteiger partial charge in [-0.25, -0.2) is 6.57 Å². The molecule has 0 atom stereocenters. The first kappa shape index (κ1) is 8.52. The third-order valence-electron chi connectivity index (χ3n) is 0.973. The normalized spacial score (nSPS) is 7.40. The Balaban J connectivity index is 3.54. The molecule has 0 bridgehead atoms. The Hall–Kier alpha value is -1.48. The van der Waals surface area contributed by atoms with Crippen molar-refractivity contribution in [2.45, 2.75) is 0 Å². The van der Waals surface area contributed by atoms with Crippen molar-refractivity contribution in [1.29, 1.82) is 5.26 Å². The maximum atomic E-state index is 8.41. The second-order valence-electron chi connectivity index (χ2n) is 1.72. The molecule has 10 heavy (non-hydrogen) atoms. The van der Waals surface area contributed by atoms with E-state index in [2.05, 4.69) is 11.4 Å². The summed E-state index contributed by atoms with van der Waals surface area (Å²) in [6.45, 7) is 11.4. The van der Waals surface area contributed by atoms with Crippen molar-refractivity contribution in [3.05, 3.63) is 24.1 Å². The minimum atomic E-state index is 0.376. The minimum Gasteiger partial charge on any atom is -0.315 e. The summed E-state index contributed by atoms with van der Waals surface area (Å²) < 4.78 is 0. The standard InChI is InChI=1S/C7H9N3/c1-3-5-10(7-8)6-4-9-2/h3H,1,4-6H2. The molecule has 52 valence electrons. The van der Waals surface area contributed by atoms with E-state index in [9.17, 15) is 0 Å². The summed E-state index contributed by atoms with van der Waals surface area (Å²) >= 11 is 0. The van der Waals surface area contributed by atoms with Gasteiger partial charge < -0.3 is 4.85 Å². The van der Waals surface area contributed by atoms with E-state index in [1.807, 2.05) is 6.19 Å². The number of rotatable bonds is 4. The molecule has 0 unspecified atom stereocenters. The van der Waals surface area contributed by atoms with Gasteiger partial charge >= 0.3 is 0 Å². The van der Waals surface area contributed by atoms with Crippen molar-refractivity contribution >= 4 is 0 Å². The Bertz CT molecular complexity index is 172. The third kappa shape index (κ3) is 3.51. The molecular weight excluding hydrogens is 126 g/mol. The van der Waals surface area contributed by atoms with Gasteiger partial charge in [0.1, 0.15) is 6.54 Å². The van der Waals surface area contributed by atoms with Gasteiger partial charge in [-0.1, -0.05) is 6.08 Å². The second-order valence-corrected chi connectivity index (χ2v) is 1.72. The van der Waals surface area contributed by atoms with Gasteiger partial charge in [-0.2, -0.15) is 5.26 Å². The molecule has 0 radical (unpaired) electrons. The molecule has 0 amide bonds. The highest BCUT2D eigenvalue weighted by atomic mass is 15.1. The molecule has 0 N–H and O–H groups in total. The van der Waals surface area contributed by atoms with Crippen LogP contribution in [0.3, 0.4) is 0 Å². The molecule has 0 aromatic carbocycles. The van der Waals surface area contributed by atoms with Gasteiger partial charge in [0.15, 0.2) is 6.19 Å². The molecule has 0 aliphatic carbocycles. The molecule has 0 aliphatic heterocycles. The van der Waals surface area contributed by atoms with E-state index < -0.39 is 0 Å². The molecule has 0 heterocycles. The molecule has 3 nitrogen and oxygen atoms in total. The monoisotopic (exact) mass is 135 g/mol. The summed E-state index contributed by atoms with van der Waals surface area (Å²) in [6.07, 6.45) is 3.60. The SMILES string of the molecule is [C-]#[N+]CCN(C#N)CC=C. The molecule has 0 rings (SSSR count). The Morgan fingerprint density at radius 3 is 2.90 bits per heavy atom. The van der Waals surface area contributed by atoms with Gasteiger partial charge in [-0.05, 0) is 0 Å². The van der Waals surface area contributed by atoms with Crippen LogP contribution in [0.4, 0.5) is 0 Å². The van der Waals surface area contributed by atoms with Crippen LogP contribution in [0.15, 0.2) is 12.7 Å². The molecule has 0 saturated heterocycles. The Morgan fingerprint density at radius 1 is 1.80 bits per heavy atom. The maximum Gasteiger partial charge on any atom is 0.232 e. The highest BCUT2D eigenvalue weighted by Crippen LogP contribution is 1.84. The average molecular weight is 135 g/mol. The first-order valence-electron chi connectivity index (χ1n) is 2.94. The predicted molar refractivity (Wildman–Crippen MR) is 38.9 cm³/mol. The number of nitrogens with zero attached hydrogens (tertiary/aromatic N) is 3. The summed E-state index contributed by atoms with van der Waals surface area (Å²) in [5, 5.41) is 8.41. The van der Waals surface area contributed by atoms with Gasteiger partial charge in [-0.15, -0.1) is 6.58 Å². The van der Waals surface area contributed by atoms with E-state index in [1.165, 1.54) is 4.90 Å². The summed E-state index contributed by atoms with van der Waals surface area (Å²) in [7, 11) is 0. The first-order chi connectivity index (χ1) is 4.85. The topological polar surface area (TPSA) is 31.4 Å². The molecule has 0 fully saturated rings. The minimum absolute atomic E-state index is 0.376. The molecule has 0 spiro atoms. The zero-order valence-corrected chi connectivity index (χ0v) is 5.75. The lowest BCUT2D eigenvalue weighted by Gasteiger charge is -2.07. The van der Waals surface area contributed by atoms with Crippen LogP contribution < -0.4 is 0 Å². The number of nitriles is 1. The van der Waals surface area contributed by atoms with Crippen molar-refractivity contribution < 1.29 is 0 Å². The fraction of sp³-hybridized carbons (Fsp3) is 0.429. The third-order valence-corrected chi connectivity index (χ3v) is 0.973. The van der Waals surface area contributed by atoms with Crippen LogP contribution >= 0.6 is 0 Å². The summed E-state index contributed by atoms with van der Waals surface area (Å²) in [4.78, 5) is 4.62. The van der Waals surface area contributed by atoms with E-state index in [0.717, 1.165) is 0 Å². The van der Waals surface area contributed by atoms with Crippen LogP contribution in [0.1, 0.15) is 0 Å². The molecule has 0 aliphatic rings. The van der Waals surface area contributed by atoms with Crippen molar-refractivity contribution in [1.82, 2.24) is 4.90 Å². The van der Waals surface area contributed by atoms with Gasteiger partial charge in [0.05, 0.1) is 0 Å². The fourth-order valence-electron chi connectivity index (χ4n) is 0.509. The molecule has 3 heteroatoms. The van der Waals surface area contributed by atoms with Gasteiger partial charge in [0, 0.05) is 6.54 Å². The smallest absolute Gasteiger partial charge is 0.232 e. The maximum absolute atomic E-state index is 8.41. The summed E-state index contributed by atoms with van der Waals surface area (Å²) in [5.74, 6) is 0. The van der Waals surface area contributed by atoms with Crippen LogP contribution in [-0.2, 0) is 0 Å². The molecule has 0 aromatic rings. The molecule has 0 aromatic heterocycles. The number of hydrogen-bond acceptors (Lipinski definition) is 2. The van der Waals surface area contributed by atoms with E-state index in [1.54, 1.807) is 6.08 Å².